The Bertz CT molecular complexity index is 1540. The van der Waals surface area contributed by atoms with Crippen molar-refractivity contribution < 1.29 is 4.79 Å². The van der Waals surface area contributed by atoms with Gasteiger partial charge in [-0.3, -0.25) is 14.2 Å². The van der Waals surface area contributed by atoms with Gasteiger partial charge in [-0.25, -0.2) is 4.98 Å². The van der Waals surface area contributed by atoms with E-state index < -0.39 is 0 Å². The summed E-state index contributed by atoms with van der Waals surface area (Å²) in [4.78, 5) is 35.8. The highest BCUT2D eigenvalue weighted by atomic mass is 32.1. The van der Waals surface area contributed by atoms with Gasteiger partial charge in [0, 0.05) is 33.1 Å². The van der Waals surface area contributed by atoms with Gasteiger partial charge in [-0.2, -0.15) is 0 Å². The molecule has 3 aromatic heterocycles. The van der Waals surface area contributed by atoms with E-state index in [0.29, 0.717) is 15.8 Å². The van der Waals surface area contributed by atoms with Crippen LogP contribution in [0.2, 0.25) is 0 Å². The van der Waals surface area contributed by atoms with E-state index in [2.05, 4.69) is 35.9 Å². The lowest BCUT2D eigenvalue weighted by atomic mass is 9.99. The fourth-order valence-electron chi connectivity index (χ4n) is 4.04. The Kier molecular flexibility index (Phi) is 4.59. The van der Waals surface area contributed by atoms with Crippen LogP contribution in [-0.4, -0.2) is 20.3 Å². The second-order valence-electron chi connectivity index (χ2n) is 7.86. The predicted molar refractivity (Wildman–Crippen MR) is 126 cm³/mol. The van der Waals surface area contributed by atoms with Crippen molar-refractivity contribution in [3.05, 3.63) is 86.9 Å². The van der Waals surface area contributed by atoms with Crippen LogP contribution in [-0.2, 0) is 6.54 Å². The van der Waals surface area contributed by atoms with Gasteiger partial charge in [0.25, 0.3) is 5.56 Å². The Morgan fingerprint density at radius 2 is 1.90 bits per heavy atom. The summed E-state index contributed by atoms with van der Waals surface area (Å²) in [6, 6.07) is 13.9. The summed E-state index contributed by atoms with van der Waals surface area (Å²) in [5.74, 6) is -0.125. The molecule has 1 N–H and O–H groups in total. The molecule has 31 heavy (non-hydrogen) atoms. The van der Waals surface area contributed by atoms with E-state index in [-0.39, 0.29) is 17.9 Å². The lowest BCUT2D eigenvalue weighted by Crippen LogP contribution is -2.24. The third-order valence-electron chi connectivity index (χ3n) is 5.85. The number of carbonyl (C=O) groups excluding carboxylic acids is 1. The normalized spacial score (nSPS) is 11.5. The van der Waals surface area contributed by atoms with Gasteiger partial charge < -0.3 is 4.98 Å². The van der Waals surface area contributed by atoms with E-state index in [1.54, 1.807) is 6.20 Å². The number of carbonyl (C=O) groups is 1. The Labute approximate surface area is 183 Å². The molecule has 0 aliphatic rings. The minimum atomic E-state index is -0.184. The molecule has 0 bridgehead atoms. The molecule has 0 amide bonds. The first-order valence-corrected chi connectivity index (χ1v) is 10.9. The molecule has 0 radical (unpaired) electrons. The molecule has 6 heteroatoms. The highest BCUT2D eigenvalue weighted by Crippen LogP contribution is 2.36. The topological polar surface area (TPSA) is 67.8 Å². The fraction of sp³-hybridized carbons (Fsp3) is 0.160. The Morgan fingerprint density at radius 1 is 1.10 bits per heavy atom. The van der Waals surface area contributed by atoms with Crippen LogP contribution in [0.3, 0.4) is 0 Å². The first-order valence-electron chi connectivity index (χ1n) is 10.1. The molecule has 0 fully saturated rings. The first kappa shape index (κ1) is 19.5. The Balaban J connectivity index is 1.61. The number of nitrogens with zero attached hydrogens (tertiary/aromatic N) is 2. The van der Waals surface area contributed by atoms with Gasteiger partial charge in [0.2, 0.25) is 0 Å². The van der Waals surface area contributed by atoms with Crippen molar-refractivity contribution in [2.24, 2.45) is 0 Å². The average Bonchev–Trinajstić information content (AvgIpc) is 3.33. The lowest BCUT2D eigenvalue weighted by Gasteiger charge is -2.08. The van der Waals surface area contributed by atoms with Crippen molar-refractivity contribution in [1.29, 1.82) is 0 Å². The van der Waals surface area contributed by atoms with Gasteiger partial charge in [-0.05, 0) is 43.5 Å². The van der Waals surface area contributed by atoms with Gasteiger partial charge in [0.15, 0.2) is 5.78 Å². The number of Topliss-reactive ketones (excluding diaryl/α,β-unsaturated/α-hetero) is 1. The number of fused-ring (bicyclic) bond motifs is 2. The molecule has 0 atom stereocenters. The molecule has 5 nitrogen and oxygen atoms in total. The highest BCUT2D eigenvalue weighted by molar-refractivity contribution is 7.19. The van der Waals surface area contributed by atoms with Crippen molar-refractivity contribution in [1.82, 2.24) is 14.5 Å². The van der Waals surface area contributed by atoms with Gasteiger partial charge in [-0.15, -0.1) is 11.3 Å². The summed E-state index contributed by atoms with van der Waals surface area (Å²) in [6.07, 6.45) is 3.19. The number of thiophene rings is 1. The number of aromatic nitrogens is 3. The van der Waals surface area contributed by atoms with Gasteiger partial charge >= 0.3 is 0 Å². The zero-order chi connectivity index (χ0) is 21.7. The fourth-order valence-corrected chi connectivity index (χ4v) is 5.04. The molecule has 0 saturated heterocycles. The number of rotatable bonds is 4. The number of nitrogens with one attached hydrogen (secondary N) is 1. The third kappa shape index (κ3) is 3.20. The van der Waals surface area contributed by atoms with E-state index in [1.807, 2.05) is 37.3 Å². The predicted octanol–water partition coefficient (Wildman–Crippen LogP) is 5.41. The quantitative estimate of drug-likeness (QED) is 0.390. The number of ketones is 1. The van der Waals surface area contributed by atoms with Crippen molar-refractivity contribution in [2.75, 3.05) is 0 Å². The van der Waals surface area contributed by atoms with Crippen LogP contribution in [0.5, 0.6) is 0 Å². The lowest BCUT2D eigenvalue weighted by molar-refractivity contribution is 0.0972. The molecular formula is C25H21N3O2S. The largest absolute Gasteiger partial charge is 0.360 e. The van der Waals surface area contributed by atoms with Crippen molar-refractivity contribution in [3.8, 4) is 11.1 Å². The number of aromatic amines is 1. The van der Waals surface area contributed by atoms with Crippen LogP contribution in [0.15, 0.2) is 59.8 Å². The zero-order valence-corrected chi connectivity index (χ0v) is 18.3. The minimum absolute atomic E-state index is 0.0507. The molecule has 0 spiro atoms. The number of benzene rings is 2. The third-order valence-corrected chi connectivity index (χ3v) is 6.87. The van der Waals surface area contributed by atoms with E-state index in [1.165, 1.54) is 33.4 Å². The second kappa shape index (κ2) is 7.32. The second-order valence-corrected chi connectivity index (χ2v) is 9.06. The summed E-state index contributed by atoms with van der Waals surface area (Å²) >= 11 is 1.51. The molecule has 0 unspecified atom stereocenters. The Hall–Kier alpha value is -3.51. The maximum atomic E-state index is 13.4. The Morgan fingerprint density at radius 3 is 2.71 bits per heavy atom. The molecule has 154 valence electrons. The van der Waals surface area contributed by atoms with Crippen LogP contribution in [0.25, 0.3) is 32.2 Å². The van der Waals surface area contributed by atoms with Crippen molar-refractivity contribution in [3.63, 3.8) is 0 Å². The molecule has 0 aliphatic carbocycles. The molecule has 2 aromatic carbocycles. The van der Waals surface area contributed by atoms with Gasteiger partial charge in [0.05, 0.1) is 18.3 Å². The summed E-state index contributed by atoms with van der Waals surface area (Å²) in [7, 11) is 0. The zero-order valence-electron chi connectivity index (χ0n) is 17.5. The van der Waals surface area contributed by atoms with E-state index >= 15 is 0 Å². The first-order chi connectivity index (χ1) is 14.9. The van der Waals surface area contributed by atoms with Gasteiger partial charge in [0.1, 0.15) is 4.83 Å². The summed E-state index contributed by atoms with van der Waals surface area (Å²) in [5.41, 5.74) is 5.60. The van der Waals surface area contributed by atoms with Gasteiger partial charge in [-0.1, -0.05) is 36.4 Å². The molecule has 3 heterocycles. The molecule has 5 aromatic rings. The molecular weight excluding hydrogens is 406 g/mol. The van der Waals surface area contributed by atoms with Crippen LogP contribution >= 0.6 is 11.3 Å². The number of hydrogen-bond donors (Lipinski definition) is 1. The number of hydrogen-bond acceptors (Lipinski definition) is 4. The number of aryl methyl sites for hydroxylation is 3. The maximum Gasteiger partial charge on any atom is 0.263 e. The van der Waals surface area contributed by atoms with Crippen LogP contribution < -0.4 is 5.56 Å². The summed E-state index contributed by atoms with van der Waals surface area (Å²) < 4.78 is 1.42. The SMILES string of the molecule is Cc1ccc(-c2c(C)sc3ncn(CC(=O)c4c[nH]c5ccccc45)c(=O)c23)cc1C. The molecule has 0 aliphatic heterocycles. The van der Waals surface area contributed by atoms with E-state index in [4.69, 9.17) is 0 Å². The highest BCUT2D eigenvalue weighted by Gasteiger charge is 2.19. The summed E-state index contributed by atoms with van der Waals surface area (Å²) in [6.45, 7) is 6.10. The molecule has 5 rings (SSSR count). The number of para-hydroxylation sites is 1. The number of H-pyrrole nitrogens is 1. The summed E-state index contributed by atoms with van der Waals surface area (Å²) in [5, 5.41) is 1.44. The van der Waals surface area contributed by atoms with Crippen molar-refractivity contribution in [2.45, 2.75) is 27.3 Å². The minimum Gasteiger partial charge on any atom is -0.360 e. The van der Waals surface area contributed by atoms with Crippen molar-refractivity contribution >= 4 is 38.2 Å². The standard InChI is InChI=1S/C25H21N3O2S/c1-14-8-9-17(10-15(14)2)22-16(3)31-24-23(22)25(30)28(13-27-24)12-21(29)19-11-26-20-7-5-4-6-18(19)20/h4-11,13,26H,12H2,1-3H3. The van der Waals surface area contributed by atoms with Crippen LogP contribution in [0, 0.1) is 20.8 Å². The monoisotopic (exact) mass is 427 g/mol. The van der Waals surface area contributed by atoms with E-state index in [9.17, 15) is 9.59 Å². The van der Waals surface area contributed by atoms with E-state index in [0.717, 1.165) is 26.9 Å². The maximum absolute atomic E-state index is 13.4. The van der Waals surface area contributed by atoms with Crippen LogP contribution in [0.4, 0.5) is 0 Å². The van der Waals surface area contributed by atoms with Crippen LogP contribution in [0.1, 0.15) is 26.4 Å². The molecule has 0 saturated carbocycles. The average molecular weight is 428 g/mol. The smallest absolute Gasteiger partial charge is 0.263 e.